The Labute approximate surface area is 99.6 Å². The highest BCUT2D eigenvalue weighted by atomic mass is 16.5. The van der Waals surface area contributed by atoms with Gasteiger partial charge < -0.3 is 9.84 Å². The normalized spacial score (nSPS) is 10.4. The van der Waals surface area contributed by atoms with Gasteiger partial charge in [0.25, 0.3) is 0 Å². The first-order valence-electron chi connectivity index (χ1n) is 5.62. The fourth-order valence-corrected chi connectivity index (χ4v) is 1.74. The average Bonchev–Trinajstić information content (AvgIpc) is 2.35. The topological polar surface area (TPSA) is 46.5 Å². The van der Waals surface area contributed by atoms with Crippen LogP contribution in [0.15, 0.2) is 36.4 Å². The van der Waals surface area contributed by atoms with Gasteiger partial charge in [0.2, 0.25) is 0 Å². The first kappa shape index (κ1) is 11.5. The molecule has 88 valence electrons. The number of fused-ring (bicyclic) bond motifs is 1. The number of benzene rings is 2. The fraction of sp³-hybridized carbons (Fsp3) is 0.214. The summed E-state index contributed by atoms with van der Waals surface area (Å²) in [6.45, 7) is 2.29. The van der Waals surface area contributed by atoms with Crippen molar-refractivity contribution in [1.29, 1.82) is 0 Å². The summed E-state index contributed by atoms with van der Waals surface area (Å²) in [5.74, 6) is -0.508. The summed E-state index contributed by atoms with van der Waals surface area (Å²) in [6, 6.07) is 10.7. The molecule has 1 N–H and O–H groups in total. The average molecular weight is 230 g/mol. The van der Waals surface area contributed by atoms with E-state index in [-0.39, 0.29) is 11.3 Å². The molecule has 0 heterocycles. The molecule has 0 aromatic heterocycles. The van der Waals surface area contributed by atoms with E-state index in [2.05, 4.69) is 0 Å². The molecule has 0 aliphatic heterocycles. The Morgan fingerprint density at radius 3 is 2.76 bits per heavy atom. The van der Waals surface area contributed by atoms with Gasteiger partial charge in [-0.1, -0.05) is 37.3 Å². The number of carbonyl (C=O) groups excluding carboxylic acids is 1. The molecule has 3 nitrogen and oxygen atoms in total. The third kappa shape index (κ3) is 2.23. The molecule has 0 atom stereocenters. The number of ether oxygens (including phenoxy) is 1. The highest BCUT2D eigenvalue weighted by molar-refractivity contribution is 6.06. The van der Waals surface area contributed by atoms with Crippen molar-refractivity contribution < 1.29 is 14.6 Å². The SMILES string of the molecule is CCCOC(=O)c1c(O)ccc2ccccc12. The van der Waals surface area contributed by atoms with E-state index >= 15 is 0 Å². The lowest BCUT2D eigenvalue weighted by atomic mass is 10.0. The van der Waals surface area contributed by atoms with Gasteiger partial charge in [0.15, 0.2) is 0 Å². The van der Waals surface area contributed by atoms with Gasteiger partial charge >= 0.3 is 5.97 Å². The maximum atomic E-state index is 11.9. The van der Waals surface area contributed by atoms with Gasteiger partial charge in [-0.3, -0.25) is 0 Å². The predicted molar refractivity (Wildman–Crippen MR) is 66.2 cm³/mol. The summed E-state index contributed by atoms with van der Waals surface area (Å²) in [5.41, 5.74) is 0.247. The number of phenols is 1. The van der Waals surface area contributed by atoms with E-state index < -0.39 is 5.97 Å². The molecule has 3 heteroatoms. The summed E-state index contributed by atoms with van der Waals surface area (Å²) < 4.78 is 5.07. The summed E-state index contributed by atoms with van der Waals surface area (Å²) in [4.78, 5) is 11.9. The summed E-state index contributed by atoms with van der Waals surface area (Å²) in [6.07, 6.45) is 0.761. The van der Waals surface area contributed by atoms with Crippen LogP contribution in [-0.4, -0.2) is 17.7 Å². The van der Waals surface area contributed by atoms with Crippen molar-refractivity contribution in [2.75, 3.05) is 6.61 Å². The first-order chi connectivity index (χ1) is 8.24. The number of rotatable bonds is 3. The van der Waals surface area contributed by atoms with Crippen LogP contribution >= 0.6 is 0 Å². The molecule has 2 aromatic carbocycles. The summed E-state index contributed by atoms with van der Waals surface area (Å²) in [5, 5.41) is 11.4. The standard InChI is InChI=1S/C14H14O3/c1-2-9-17-14(16)13-11-6-4-3-5-10(11)7-8-12(13)15/h3-8,15H,2,9H2,1H3. The van der Waals surface area contributed by atoms with E-state index in [0.717, 1.165) is 11.8 Å². The quantitative estimate of drug-likeness (QED) is 0.824. The smallest absolute Gasteiger partial charge is 0.342 e. The van der Waals surface area contributed by atoms with Crippen LogP contribution in [0, 0.1) is 0 Å². The first-order valence-corrected chi connectivity index (χ1v) is 5.62. The molecule has 0 radical (unpaired) electrons. The molecule has 17 heavy (non-hydrogen) atoms. The second kappa shape index (κ2) is 4.87. The van der Waals surface area contributed by atoms with Crippen LogP contribution in [0.5, 0.6) is 5.75 Å². The van der Waals surface area contributed by atoms with Crippen LogP contribution in [0.4, 0.5) is 0 Å². The molecule has 0 spiro atoms. The fourth-order valence-electron chi connectivity index (χ4n) is 1.74. The van der Waals surface area contributed by atoms with Crippen molar-refractivity contribution in [3.63, 3.8) is 0 Å². The minimum atomic E-state index is -0.471. The highest BCUT2D eigenvalue weighted by Gasteiger charge is 2.15. The van der Waals surface area contributed by atoms with Gasteiger partial charge in [0.05, 0.1) is 6.61 Å². The van der Waals surface area contributed by atoms with E-state index in [0.29, 0.717) is 12.0 Å². The second-order valence-corrected chi connectivity index (χ2v) is 3.82. The molecule has 0 saturated carbocycles. The molecule has 0 amide bonds. The molecule has 0 aliphatic rings. The molecular formula is C14H14O3. The minimum absolute atomic E-state index is 0.0372. The molecule has 0 aliphatic carbocycles. The van der Waals surface area contributed by atoms with Crippen LogP contribution in [0.25, 0.3) is 10.8 Å². The van der Waals surface area contributed by atoms with Gasteiger partial charge in [0.1, 0.15) is 11.3 Å². The van der Waals surface area contributed by atoms with Crippen LogP contribution in [0.2, 0.25) is 0 Å². The van der Waals surface area contributed by atoms with Gasteiger partial charge in [-0.25, -0.2) is 4.79 Å². The van der Waals surface area contributed by atoms with Crippen LogP contribution < -0.4 is 0 Å². The number of aromatic hydroxyl groups is 1. The third-order valence-corrected chi connectivity index (χ3v) is 2.55. The van der Waals surface area contributed by atoms with Crippen molar-refractivity contribution >= 4 is 16.7 Å². The number of hydrogen-bond acceptors (Lipinski definition) is 3. The van der Waals surface area contributed by atoms with Crippen molar-refractivity contribution in [1.82, 2.24) is 0 Å². The second-order valence-electron chi connectivity index (χ2n) is 3.82. The number of hydrogen-bond donors (Lipinski definition) is 1. The van der Waals surface area contributed by atoms with Crippen LogP contribution in [-0.2, 0) is 4.74 Å². The Balaban J connectivity index is 2.51. The highest BCUT2D eigenvalue weighted by Crippen LogP contribution is 2.27. The number of esters is 1. The Bertz CT molecular complexity index is 546. The number of carbonyl (C=O) groups is 1. The largest absolute Gasteiger partial charge is 0.507 e. The van der Waals surface area contributed by atoms with Crippen LogP contribution in [0.1, 0.15) is 23.7 Å². The van der Waals surface area contributed by atoms with E-state index in [1.807, 2.05) is 25.1 Å². The molecule has 0 unspecified atom stereocenters. The Hall–Kier alpha value is -2.03. The minimum Gasteiger partial charge on any atom is -0.507 e. The maximum Gasteiger partial charge on any atom is 0.342 e. The van der Waals surface area contributed by atoms with Crippen molar-refractivity contribution in [3.8, 4) is 5.75 Å². The van der Waals surface area contributed by atoms with Gasteiger partial charge in [-0.2, -0.15) is 0 Å². The van der Waals surface area contributed by atoms with E-state index in [1.54, 1.807) is 12.1 Å². The Morgan fingerprint density at radius 2 is 2.00 bits per heavy atom. The zero-order chi connectivity index (χ0) is 12.3. The molecule has 2 aromatic rings. The van der Waals surface area contributed by atoms with Crippen molar-refractivity contribution in [3.05, 3.63) is 42.0 Å². The van der Waals surface area contributed by atoms with Gasteiger partial charge in [0, 0.05) is 0 Å². The summed E-state index contributed by atoms with van der Waals surface area (Å²) >= 11 is 0. The molecule has 0 fully saturated rings. The lowest BCUT2D eigenvalue weighted by Crippen LogP contribution is -2.06. The third-order valence-electron chi connectivity index (χ3n) is 2.55. The van der Waals surface area contributed by atoms with Gasteiger partial charge in [-0.05, 0) is 23.3 Å². The molecule has 0 bridgehead atoms. The zero-order valence-corrected chi connectivity index (χ0v) is 9.64. The van der Waals surface area contributed by atoms with Gasteiger partial charge in [-0.15, -0.1) is 0 Å². The lowest BCUT2D eigenvalue weighted by Gasteiger charge is -2.08. The van der Waals surface area contributed by atoms with Crippen molar-refractivity contribution in [2.45, 2.75) is 13.3 Å². The monoisotopic (exact) mass is 230 g/mol. The summed E-state index contributed by atoms with van der Waals surface area (Å²) in [7, 11) is 0. The Morgan fingerprint density at radius 1 is 1.24 bits per heavy atom. The predicted octanol–water partition coefficient (Wildman–Crippen LogP) is 3.11. The van der Waals surface area contributed by atoms with Crippen LogP contribution in [0.3, 0.4) is 0 Å². The maximum absolute atomic E-state index is 11.9. The molecule has 2 rings (SSSR count). The van der Waals surface area contributed by atoms with E-state index in [4.69, 9.17) is 4.74 Å². The molecular weight excluding hydrogens is 216 g/mol. The Kier molecular flexibility index (Phi) is 3.28. The van der Waals surface area contributed by atoms with E-state index in [1.165, 1.54) is 6.07 Å². The number of phenolic OH excluding ortho intramolecular Hbond substituents is 1. The zero-order valence-electron chi connectivity index (χ0n) is 9.64. The van der Waals surface area contributed by atoms with Crippen molar-refractivity contribution in [2.24, 2.45) is 0 Å². The molecule has 0 saturated heterocycles. The van der Waals surface area contributed by atoms with E-state index in [9.17, 15) is 9.90 Å². The lowest BCUT2D eigenvalue weighted by molar-refractivity contribution is 0.0504.